The van der Waals surface area contributed by atoms with Gasteiger partial charge in [-0.15, -0.1) is 12.4 Å². The Hall–Kier alpha value is -0.330. The number of rotatable bonds is 3. The van der Waals surface area contributed by atoms with Gasteiger partial charge in [-0.05, 0) is 50.1 Å². The summed E-state index contributed by atoms with van der Waals surface area (Å²) in [5.74, 6) is 0.252. The Bertz CT molecular complexity index is 519. The molecule has 1 aromatic carbocycles. The highest BCUT2D eigenvalue weighted by molar-refractivity contribution is 7.89. The van der Waals surface area contributed by atoms with Crippen molar-refractivity contribution < 1.29 is 8.42 Å². The molecule has 108 valence electrons. The molecule has 19 heavy (non-hydrogen) atoms. The summed E-state index contributed by atoms with van der Waals surface area (Å²) in [5.41, 5.74) is 5.62. The molecule has 2 unspecified atom stereocenters. The van der Waals surface area contributed by atoms with Gasteiger partial charge < -0.3 is 5.73 Å². The van der Waals surface area contributed by atoms with Crippen LogP contribution in [0.5, 0.6) is 0 Å². The highest BCUT2D eigenvalue weighted by atomic mass is 35.5. The molecule has 1 aromatic rings. The quantitative estimate of drug-likeness (QED) is 0.926. The van der Waals surface area contributed by atoms with E-state index in [0.29, 0.717) is 18.1 Å². The van der Waals surface area contributed by atoms with Crippen molar-refractivity contribution >= 4 is 34.0 Å². The molecule has 1 fully saturated rings. The van der Waals surface area contributed by atoms with E-state index < -0.39 is 10.0 Å². The molecule has 1 aliphatic heterocycles. The second kappa shape index (κ2) is 6.41. The minimum Gasteiger partial charge on any atom is -0.330 e. The Kier molecular flexibility index (Phi) is 5.65. The molecule has 2 rings (SSSR count). The Morgan fingerprint density at radius 3 is 2.42 bits per heavy atom. The highest BCUT2D eigenvalue weighted by Gasteiger charge is 2.37. The first kappa shape index (κ1) is 16.7. The van der Waals surface area contributed by atoms with Crippen molar-refractivity contribution in [3.05, 3.63) is 29.3 Å². The average molecular weight is 325 g/mol. The van der Waals surface area contributed by atoms with Gasteiger partial charge in [-0.25, -0.2) is 8.42 Å². The third-order valence-electron chi connectivity index (χ3n) is 3.36. The van der Waals surface area contributed by atoms with Gasteiger partial charge >= 0.3 is 0 Å². The molecule has 0 aromatic heterocycles. The second-order valence-corrected chi connectivity index (χ2v) is 7.04. The first-order valence-corrected chi connectivity index (χ1v) is 7.74. The van der Waals surface area contributed by atoms with Crippen molar-refractivity contribution in [2.45, 2.75) is 24.3 Å². The Labute approximate surface area is 125 Å². The third kappa shape index (κ3) is 3.41. The van der Waals surface area contributed by atoms with E-state index in [2.05, 4.69) is 0 Å². The van der Waals surface area contributed by atoms with Crippen LogP contribution in [0.15, 0.2) is 29.2 Å². The molecule has 0 amide bonds. The fourth-order valence-corrected chi connectivity index (χ4v) is 4.20. The second-order valence-electron chi connectivity index (χ2n) is 4.72. The van der Waals surface area contributed by atoms with E-state index in [0.717, 1.165) is 6.42 Å². The molecular formula is C12H18Cl2N2O2S. The number of nitrogens with two attached hydrogens (primary N) is 1. The number of hydrogen-bond acceptors (Lipinski definition) is 3. The van der Waals surface area contributed by atoms with Crippen molar-refractivity contribution in [1.29, 1.82) is 0 Å². The van der Waals surface area contributed by atoms with Crippen LogP contribution < -0.4 is 5.73 Å². The topological polar surface area (TPSA) is 63.4 Å². The summed E-state index contributed by atoms with van der Waals surface area (Å²) in [7, 11) is -3.43. The van der Waals surface area contributed by atoms with Gasteiger partial charge in [0.1, 0.15) is 0 Å². The minimum atomic E-state index is -3.43. The number of halogens is 2. The molecule has 2 atom stereocenters. The van der Waals surface area contributed by atoms with E-state index in [4.69, 9.17) is 17.3 Å². The number of benzene rings is 1. The Morgan fingerprint density at radius 1 is 1.37 bits per heavy atom. The molecule has 7 heteroatoms. The van der Waals surface area contributed by atoms with Crippen LogP contribution in [0.3, 0.4) is 0 Å². The normalized spacial score (nSPS) is 24.2. The Balaban J connectivity index is 0.00000180. The molecule has 0 bridgehead atoms. The van der Waals surface area contributed by atoms with E-state index in [9.17, 15) is 8.42 Å². The van der Waals surface area contributed by atoms with Crippen LogP contribution in [0.2, 0.25) is 5.02 Å². The van der Waals surface area contributed by atoms with Gasteiger partial charge in [0.25, 0.3) is 0 Å². The first-order chi connectivity index (χ1) is 8.45. The predicted molar refractivity (Wildman–Crippen MR) is 79.2 cm³/mol. The number of sulfonamides is 1. The molecule has 1 aliphatic rings. The third-order valence-corrected chi connectivity index (χ3v) is 5.60. The lowest BCUT2D eigenvalue weighted by Crippen LogP contribution is -2.34. The van der Waals surface area contributed by atoms with E-state index in [1.165, 1.54) is 4.31 Å². The molecule has 2 N–H and O–H groups in total. The lowest BCUT2D eigenvalue weighted by atomic mass is 10.1. The molecule has 0 spiro atoms. The Morgan fingerprint density at radius 2 is 1.95 bits per heavy atom. The van der Waals surface area contributed by atoms with Gasteiger partial charge in [0.2, 0.25) is 10.0 Å². The van der Waals surface area contributed by atoms with Crippen molar-refractivity contribution in [3.63, 3.8) is 0 Å². The molecular weight excluding hydrogens is 307 g/mol. The summed E-state index contributed by atoms with van der Waals surface area (Å²) in [6.07, 6.45) is 0.823. The van der Waals surface area contributed by atoms with Crippen molar-refractivity contribution in [3.8, 4) is 0 Å². The SMILES string of the molecule is CC1CC(CN)CN1S(=O)(=O)c1ccc(Cl)cc1.Cl. The summed E-state index contributed by atoms with van der Waals surface area (Å²) >= 11 is 5.77. The van der Waals surface area contributed by atoms with Gasteiger partial charge in [0, 0.05) is 17.6 Å². The molecule has 0 aliphatic carbocycles. The van der Waals surface area contributed by atoms with Crippen molar-refractivity contribution in [2.24, 2.45) is 11.7 Å². The largest absolute Gasteiger partial charge is 0.330 e. The summed E-state index contributed by atoms with van der Waals surface area (Å²) in [5, 5.41) is 0.531. The zero-order chi connectivity index (χ0) is 13.3. The lowest BCUT2D eigenvalue weighted by molar-refractivity contribution is 0.404. The fraction of sp³-hybridized carbons (Fsp3) is 0.500. The van der Waals surface area contributed by atoms with Gasteiger partial charge in [-0.3, -0.25) is 0 Å². The summed E-state index contributed by atoms with van der Waals surface area (Å²) in [4.78, 5) is 0.288. The maximum atomic E-state index is 12.5. The van der Waals surface area contributed by atoms with E-state index >= 15 is 0 Å². The van der Waals surface area contributed by atoms with Crippen LogP contribution in [0.25, 0.3) is 0 Å². The predicted octanol–water partition coefficient (Wildman–Crippen LogP) is 2.12. The number of hydrogen-bond donors (Lipinski definition) is 1. The summed E-state index contributed by atoms with van der Waals surface area (Å²) in [6, 6.07) is 6.27. The van der Waals surface area contributed by atoms with Crippen LogP contribution in [0, 0.1) is 5.92 Å². The van der Waals surface area contributed by atoms with E-state index in [-0.39, 0.29) is 29.3 Å². The van der Waals surface area contributed by atoms with Gasteiger partial charge in [-0.2, -0.15) is 4.31 Å². The average Bonchev–Trinajstić information content (AvgIpc) is 2.72. The minimum absolute atomic E-state index is 0. The lowest BCUT2D eigenvalue weighted by Gasteiger charge is -2.21. The molecule has 0 saturated carbocycles. The molecule has 1 heterocycles. The summed E-state index contributed by atoms with van der Waals surface area (Å²) in [6.45, 7) is 2.95. The zero-order valence-electron chi connectivity index (χ0n) is 10.6. The highest BCUT2D eigenvalue weighted by Crippen LogP contribution is 2.29. The first-order valence-electron chi connectivity index (χ1n) is 5.92. The van der Waals surface area contributed by atoms with E-state index in [1.54, 1.807) is 24.3 Å². The fourth-order valence-electron chi connectivity index (χ4n) is 2.36. The standard InChI is InChI=1S/C12H17ClN2O2S.ClH/c1-9-6-10(7-14)8-15(9)18(16,17)12-4-2-11(13)3-5-12;/h2-5,9-10H,6-8,14H2,1H3;1H. The van der Waals surface area contributed by atoms with Crippen LogP contribution in [0.4, 0.5) is 0 Å². The van der Waals surface area contributed by atoms with Crippen molar-refractivity contribution in [1.82, 2.24) is 4.31 Å². The maximum Gasteiger partial charge on any atom is 0.243 e. The van der Waals surface area contributed by atoms with Crippen molar-refractivity contribution in [2.75, 3.05) is 13.1 Å². The van der Waals surface area contributed by atoms with Crippen LogP contribution in [-0.4, -0.2) is 31.9 Å². The van der Waals surface area contributed by atoms with E-state index in [1.807, 2.05) is 6.92 Å². The smallest absolute Gasteiger partial charge is 0.243 e. The maximum absolute atomic E-state index is 12.5. The number of nitrogens with zero attached hydrogens (tertiary/aromatic N) is 1. The monoisotopic (exact) mass is 324 g/mol. The molecule has 4 nitrogen and oxygen atoms in total. The summed E-state index contributed by atoms with van der Waals surface area (Å²) < 4.78 is 26.5. The van der Waals surface area contributed by atoms with Gasteiger partial charge in [-0.1, -0.05) is 11.6 Å². The van der Waals surface area contributed by atoms with Crippen LogP contribution >= 0.6 is 24.0 Å². The van der Waals surface area contributed by atoms with Crippen LogP contribution in [-0.2, 0) is 10.0 Å². The van der Waals surface area contributed by atoms with Gasteiger partial charge in [0.05, 0.1) is 4.90 Å². The van der Waals surface area contributed by atoms with Crippen LogP contribution in [0.1, 0.15) is 13.3 Å². The van der Waals surface area contributed by atoms with Gasteiger partial charge in [0.15, 0.2) is 0 Å². The molecule has 0 radical (unpaired) electrons. The molecule has 1 saturated heterocycles. The zero-order valence-corrected chi connectivity index (χ0v) is 13.0.